The van der Waals surface area contributed by atoms with Gasteiger partial charge >= 0.3 is 0 Å². The third-order valence-corrected chi connectivity index (χ3v) is 2.46. The number of rotatable bonds is 0. The molecule has 1 aliphatic rings. The van der Waals surface area contributed by atoms with E-state index < -0.39 is 5.41 Å². The van der Waals surface area contributed by atoms with E-state index >= 15 is 0 Å². The average Bonchev–Trinajstić information content (AvgIpc) is 2.24. The highest BCUT2D eigenvalue weighted by Gasteiger charge is 2.40. The molecule has 0 radical (unpaired) electrons. The number of carbonyl (C=O) groups is 1. The molecule has 0 unspecified atom stereocenters. The number of nitrogens with one attached hydrogen (secondary N) is 1. The van der Waals surface area contributed by atoms with E-state index in [0.717, 1.165) is 11.3 Å². The van der Waals surface area contributed by atoms with Gasteiger partial charge < -0.3 is 5.32 Å². The molecule has 4 heteroatoms. The van der Waals surface area contributed by atoms with Gasteiger partial charge in [0.25, 0.3) is 0 Å². The van der Waals surface area contributed by atoms with Crippen molar-refractivity contribution in [3.8, 4) is 0 Å². The zero-order valence-corrected chi connectivity index (χ0v) is 7.88. The maximum Gasteiger partial charge on any atom is 0.235 e. The molecular formula is C9H11N3O. The predicted molar refractivity (Wildman–Crippen MR) is 48.4 cm³/mol. The van der Waals surface area contributed by atoms with E-state index in [1.165, 1.54) is 6.33 Å². The fourth-order valence-corrected chi connectivity index (χ4v) is 1.69. The van der Waals surface area contributed by atoms with E-state index in [-0.39, 0.29) is 5.91 Å². The summed E-state index contributed by atoms with van der Waals surface area (Å²) in [6.45, 7) is 5.65. The van der Waals surface area contributed by atoms with E-state index in [4.69, 9.17) is 0 Å². The number of amides is 1. The number of anilines is 1. The van der Waals surface area contributed by atoms with Gasteiger partial charge in [0.2, 0.25) is 5.91 Å². The first-order valence-electron chi connectivity index (χ1n) is 4.17. The lowest BCUT2D eigenvalue weighted by molar-refractivity contribution is -0.119. The normalized spacial score (nSPS) is 18.2. The van der Waals surface area contributed by atoms with Crippen LogP contribution in [0, 0.1) is 6.92 Å². The summed E-state index contributed by atoms with van der Waals surface area (Å²) in [7, 11) is 0. The molecule has 4 nitrogen and oxygen atoms in total. The van der Waals surface area contributed by atoms with Crippen LogP contribution in [0.3, 0.4) is 0 Å². The minimum atomic E-state index is -0.499. The Morgan fingerprint density at radius 3 is 2.69 bits per heavy atom. The smallest absolute Gasteiger partial charge is 0.235 e. The van der Waals surface area contributed by atoms with Gasteiger partial charge in [0.1, 0.15) is 12.1 Å². The molecule has 0 bridgehead atoms. The van der Waals surface area contributed by atoms with Crippen LogP contribution < -0.4 is 5.32 Å². The van der Waals surface area contributed by atoms with E-state index in [1.807, 2.05) is 20.8 Å². The van der Waals surface area contributed by atoms with Crippen LogP contribution >= 0.6 is 0 Å². The number of carbonyl (C=O) groups excluding carboxylic acids is 1. The van der Waals surface area contributed by atoms with E-state index in [0.29, 0.717) is 5.82 Å². The summed E-state index contributed by atoms with van der Waals surface area (Å²) in [5, 5.41) is 2.74. The number of aromatic nitrogens is 2. The summed E-state index contributed by atoms with van der Waals surface area (Å²) in [6.07, 6.45) is 1.47. The molecule has 2 heterocycles. The largest absolute Gasteiger partial charge is 0.310 e. The molecule has 0 atom stereocenters. The minimum Gasteiger partial charge on any atom is -0.310 e. The van der Waals surface area contributed by atoms with Crippen LogP contribution in [0.5, 0.6) is 0 Å². The maximum atomic E-state index is 11.5. The minimum absolute atomic E-state index is 0.00824. The molecule has 0 spiro atoms. The highest BCUT2D eigenvalue weighted by molar-refractivity contribution is 6.04. The Bertz CT molecular complexity index is 384. The summed E-state index contributed by atoms with van der Waals surface area (Å²) < 4.78 is 0. The Hall–Kier alpha value is -1.45. The van der Waals surface area contributed by atoms with Gasteiger partial charge in [-0.1, -0.05) is 0 Å². The van der Waals surface area contributed by atoms with Gasteiger partial charge in [0.05, 0.1) is 5.41 Å². The van der Waals surface area contributed by atoms with Crippen LogP contribution in [0.4, 0.5) is 5.82 Å². The molecule has 0 fully saturated rings. The molecule has 0 aromatic carbocycles. The first kappa shape index (κ1) is 8.16. The van der Waals surface area contributed by atoms with Crippen LogP contribution in [0.2, 0.25) is 0 Å². The van der Waals surface area contributed by atoms with Crippen LogP contribution in [0.25, 0.3) is 0 Å². The van der Waals surface area contributed by atoms with Crippen molar-refractivity contribution in [3.63, 3.8) is 0 Å². The highest BCUT2D eigenvalue weighted by atomic mass is 16.2. The zero-order chi connectivity index (χ0) is 9.64. The summed E-state index contributed by atoms with van der Waals surface area (Å²) in [5.74, 6) is 0.647. The maximum absolute atomic E-state index is 11.5. The SMILES string of the molecule is Cc1ncnc2c1C(C)(C)C(=O)N2. The lowest BCUT2D eigenvalue weighted by atomic mass is 9.86. The van der Waals surface area contributed by atoms with Gasteiger partial charge in [0.15, 0.2) is 0 Å². The fourth-order valence-electron chi connectivity index (χ4n) is 1.69. The Morgan fingerprint density at radius 1 is 1.38 bits per heavy atom. The van der Waals surface area contributed by atoms with Crippen molar-refractivity contribution in [2.24, 2.45) is 0 Å². The van der Waals surface area contributed by atoms with Crippen molar-refractivity contribution < 1.29 is 4.79 Å². The first-order valence-corrected chi connectivity index (χ1v) is 4.17. The van der Waals surface area contributed by atoms with Gasteiger partial charge in [-0.15, -0.1) is 0 Å². The number of fused-ring (bicyclic) bond motifs is 1. The molecule has 68 valence electrons. The Balaban J connectivity index is 2.70. The van der Waals surface area contributed by atoms with Gasteiger partial charge in [-0.25, -0.2) is 9.97 Å². The van der Waals surface area contributed by atoms with E-state index in [1.54, 1.807) is 0 Å². The monoisotopic (exact) mass is 177 g/mol. The van der Waals surface area contributed by atoms with Gasteiger partial charge in [-0.05, 0) is 20.8 Å². The van der Waals surface area contributed by atoms with Crippen LogP contribution in [0.15, 0.2) is 6.33 Å². The van der Waals surface area contributed by atoms with Gasteiger partial charge in [-0.3, -0.25) is 4.79 Å². The zero-order valence-electron chi connectivity index (χ0n) is 7.88. The fraction of sp³-hybridized carbons (Fsp3) is 0.444. The second-order valence-electron chi connectivity index (χ2n) is 3.76. The molecule has 1 aromatic heterocycles. The molecular weight excluding hydrogens is 166 g/mol. The lowest BCUT2D eigenvalue weighted by Gasteiger charge is -2.15. The molecule has 2 rings (SSSR count). The van der Waals surface area contributed by atoms with Crippen molar-refractivity contribution >= 4 is 11.7 Å². The van der Waals surface area contributed by atoms with Crippen molar-refractivity contribution in [2.75, 3.05) is 5.32 Å². The molecule has 1 amide bonds. The first-order chi connectivity index (χ1) is 6.03. The van der Waals surface area contributed by atoms with Crippen molar-refractivity contribution in [1.82, 2.24) is 9.97 Å². The summed E-state index contributed by atoms with van der Waals surface area (Å²) in [6, 6.07) is 0. The summed E-state index contributed by atoms with van der Waals surface area (Å²) in [4.78, 5) is 19.6. The Labute approximate surface area is 76.4 Å². The molecule has 1 aromatic rings. The summed E-state index contributed by atoms with van der Waals surface area (Å²) >= 11 is 0. The van der Waals surface area contributed by atoms with Crippen molar-refractivity contribution in [2.45, 2.75) is 26.2 Å². The van der Waals surface area contributed by atoms with E-state index in [9.17, 15) is 4.79 Å². The molecule has 13 heavy (non-hydrogen) atoms. The molecule has 0 saturated heterocycles. The number of aryl methyl sites for hydroxylation is 1. The molecule has 1 N–H and O–H groups in total. The van der Waals surface area contributed by atoms with Gasteiger partial charge in [0, 0.05) is 11.3 Å². The third-order valence-electron chi connectivity index (χ3n) is 2.46. The number of hydrogen-bond acceptors (Lipinski definition) is 3. The molecule has 1 aliphatic heterocycles. The second kappa shape index (κ2) is 2.28. The average molecular weight is 177 g/mol. The predicted octanol–water partition coefficient (Wildman–Crippen LogP) is 1.01. The number of nitrogens with zero attached hydrogens (tertiary/aromatic N) is 2. The quantitative estimate of drug-likeness (QED) is 0.643. The van der Waals surface area contributed by atoms with Gasteiger partial charge in [-0.2, -0.15) is 0 Å². The Kier molecular flexibility index (Phi) is 1.43. The van der Waals surface area contributed by atoms with Crippen molar-refractivity contribution in [3.05, 3.63) is 17.6 Å². The lowest BCUT2D eigenvalue weighted by Crippen LogP contribution is -2.27. The van der Waals surface area contributed by atoms with Crippen molar-refractivity contribution in [1.29, 1.82) is 0 Å². The van der Waals surface area contributed by atoms with Crippen LogP contribution in [-0.4, -0.2) is 15.9 Å². The third kappa shape index (κ3) is 0.946. The molecule has 0 saturated carbocycles. The van der Waals surface area contributed by atoms with E-state index in [2.05, 4.69) is 15.3 Å². The summed E-state index contributed by atoms with van der Waals surface area (Å²) in [5.41, 5.74) is 1.29. The van der Waals surface area contributed by atoms with Crippen LogP contribution in [-0.2, 0) is 10.2 Å². The Morgan fingerprint density at radius 2 is 2.08 bits per heavy atom. The standard InChI is InChI=1S/C9H11N3O/c1-5-6-7(11-4-10-5)12-8(13)9(6,2)3/h4H,1-3H3,(H,10,11,12,13). The topological polar surface area (TPSA) is 54.9 Å². The second-order valence-corrected chi connectivity index (χ2v) is 3.76. The number of hydrogen-bond donors (Lipinski definition) is 1. The molecule has 0 aliphatic carbocycles. The van der Waals surface area contributed by atoms with Crippen LogP contribution in [0.1, 0.15) is 25.1 Å². The highest BCUT2D eigenvalue weighted by Crippen LogP contribution is 2.36.